The van der Waals surface area contributed by atoms with Gasteiger partial charge in [0.2, 0.25) is 11.8 Å². The first-order valence-corrected chi connectivity index (χ1v) is 10.6. The second-order valence-electron chi connectivity index (χ2n) is 7.95. The van der Waals surface area contributed by atoms with Gasteiger partial charge in [-0.15, -0.1) is 11.8 Å². The molecular weight excluding hydrogens is 422 g/mol. The van der Waals surface area contributed by atoms with Gasteiger partial charge >= 0.3 is 11.9 Å². The standard InChI is InChI=1S/C21H25N3O6S/c1-11(9-15(26)30-4)22-13-8-6-5-7-12(13)10-14(25)23-16-18(27)24-17(20(28)29)21(2,3)31-19(16)24/h5-9,16-17,19,22H,10H2,1-4H3,(H,23,25)(H,28,29)/b11-9+/t16?,17-,19+/m0/s1. The number of β-lactam (4-membered cyclic amide) rings is 1. The van der Waals surface area contributed by atoms with Crippen LogP contribution in [0.25, 0.3) is 0 Å². The highest BCUT2D eigenvalue weighted by atomic mass is 32.2. The van der Waals surface area contributed by atoms with Gasteiger partial charge in [-0.25, -0.2) is 9.59 Å². The lowest BCUT2D eigenvalue weighted by Gasteiger charge is -2.43. The van der Waals surface area contributed by atoms with Gasteiger partial charge in [-0.2, -0.15) is 0 Å². The third-order valence-electron chi connectivity index (χ3n) is 5.23. The Kier molecular flexibility index (Phi) is 6.30. The monoisotopic (exact) mass is 447 g/mol. The van der Waals surface area contributed by atoms with E-state index in [-0.39, 0.29) is 18.2 Å². The molecule has 2 heterocycles. The minimum absolute atomic E-state index is 0.0155. The molecule has 1 aromatic rings. The number of anilines is 1. The topological polar surface area (TPSA) is 125 Å². The Labute approximate surface area is 184 Å². The molecule has 2 amide bonds. The van der Waals surface area contributed by atoms with Crippen molar-refractivity contribution < 1.29 is 29.0 Å². The van der Waals surface area contributed by atoms with Crippen molar-refractivity contribution in [1.82, 2.24) is 10.2 Å². The number of methoxy groups -OCH3 is 1. The van der Waals surface area contributed by atoms with E-state index in [2.05, 4.69) is 15.4 Å². The van der Waals surface area contributed by atoms with Crippen LogP contribution in [0.15, 0.2) is 36.0 Å². The van der Waals surface area contributed by atoms with Gasteiger partial charge in [0, 0.05) is 22.2 Å². The smallest absolute Gasteiger partial charge is 0.332 e. The molecule has 10 heteroatoms. The second-order valence-corrected chi connectivity index (χ2v) is 9.72. The van der Waals surface area contributed by atoms with Crippen LogP contribution in [0.1, 0.15) is 26.3 Å². The lowest BCUT2D eigenvalue weighted by atomic mass is 9.96. The first-order chi connectivity index (χ1) is 14.5. The number of fused-ring (bicyclic) bond motifs is 1. The summed E-state index contributed by atoms with van der Waals surface area (Å²) >= 11 is 1.38. The van der Waals surface area contributed by atoms with E-state index in [0.717, 1.165) is 0 Å². The van der Waals surface area contributed by atoms with Gasteiger partial charge in [0.1, 0.15) is 17.5 Å². The number of esters is 1. The van der Waals surface area contributed by atoms with Crippen LogP contribution in [-0.4, -0.2) is 63.1 Å². The molecule has 1 unspecified atom stereocenters. The molecule has 2 aliphatic rings. The number of nitrogens with one attached hydrogen (secondary N) is 2. The molecule has 0 bridgehead atoms. The minimum atomic E-state index is -1.05. The van der Waals surface area contributed by atoms with Gasteiger partial charge < -0.3 is 25.4 Å². The van der Waals surface area contributed by atoms with Crippen molar-refractivity contribution in [2.75, 3.05) is 12.4 Å². The first kappa shape index (κ1) is 22.7. The molecule has 3 atom stereocenters. The Bertz CT molecular complexity index is 960. The number of carbonyl (C=O) groups excluding carboxylic acids is 3. The summed E-state index contributed by atoms with van der Waals surface area (Å²) in [6.45, 7) is 5.27. The number of rotatable bonds is 7. The van der Waals surface area contributed by atoms with Gasteiger partial charge in [0.15, 0.2) is 0 Å². The van der Waals surface area contributed by atoms with Crippen molar-refractivity contribution in [3.63, 3.8) is 0 Å². The molecule has 2 aliphatic heterocycles. The number of carboxylic acids is 1. The maximum absolute atomic E-state index is 12.7. The predicted molar refractivity (Wildman–Crippen MR) is 115 cm³/mol. The third kappa shape index (κ3) is 4.53. The summed E-state index contributed by atoms with van der Waals surface area (Å²) in [6, 6.07) is 5.47. The normalized spacial score (nSPS) is 24.1. The van der Waals surface area contributed by atoms with Gasteiger partial charge in [0.25, 0.3) is 0 Å². The summed E-state index contributed by atoms with van der Waals surface area (Å²) in [5.41, 5.74) is 1.89. The quantitative estimate of drug-likeness (QED) is 0.325. The third-order valence-corrected chi connectivity index (χ3v) is 6.80. The number of aliphatic carboxylic acids is 1. The van der Waals surface area contributed by atoms with E-state index >= 15 is 0 Å². The summed E-state index contributed by atoms with van der Waals surface area (Å²) in [6.07, 6.45) is 1.32. The molecule has 2 fully saturated rings. The van der Waals surface area contributed by atoms with Gasteiger partial charge in [0.05, 0.1) is 13.5 Å². The number of amides is 2. The van der Waals surface area contributed by atoms with Gasteiger partial charge in [-0.05, 0) is 32.4 Å². The predicted octanol–water partition coefficient (Wildman–Crippen LogP) is 1.35. The van der Waals surface area contributed by atoms with Crippen LogP contribution in [0.4, 0.5) is 5.69 Å². The zero-order chi connectivity index (χ0) is 22.9. The molecule has 9 nitrogen and oxygen atoms in total. The Balaban J connectivity index is 1.67. The maximum atomic E-state index is 12.7. The Morgan fingerprint density at radius 2 is 1.97 bits per heavy atom. The lowest BCUT2D eigenvalue weighted by Crippen LogP contribution is -2.70. The van der Waals surface area contributed by atoms with Crippen molar-refractivity contribution in [3.05, 3.63) is 41.6 Å². The van der Waals surface area contributed by atoms with Crippen LogP contribution >= 0.6 is 11.8 Å². The molecule has 3 rings (SSSR count). The number of benzene rings is 1. The molecule has 0 radical (unpaired) electrons. The number of ether oxygens (including phenoxy) is 1. The Morgan fingerprint density at radius 3 is 2.61 bits per heavy atom. The van der Waals surface area contributed by atoms with Crippen molar-refractivity contribution in [2.24, 2.45) is 0 Å². The number of para-hydroxylation sites is 1. The van der Waals surface area contributed by atoms with Crippen LogP contribution in [-0.2, 0) is 30.3 Å². The van der Waals surface area contributed by atoms with E-state index in [1.165, 1.54) is 29.8 Å². The molecule has 31 heavy (non-hydrogen) atoms. The fourth-order valence-electron chi connectivity index (χ4n) is 3.82. The summed E-state index contributed by atoms with van der Waals surface area (Å²) in [7, 11) is 1.29. The van der Waals surface area contributed by atoms with E-state index in [1.807, 2.05) is 0 Å². The van der Waals surface area contributed by atoms with Crippen molar-refractivity contribution in [2.45, 2.75) is 49.4 Å². The molecule has 2 saturated heterocycles. The SMILES string of the molecule is COC(=O)/C=C(\C)Nc1ccccc1CC(=O)NC1C(=O)N2[C@@H]1SC(C)(C)[C@@H]2C(=O)O. The fourth-order valence-corrected chi connectivity index (χ4v) is 5.45. The lowest BCUT2D eigenvalue weighted by molar-refractivity contribution is -0.161. The minimum Gasteiger partial charge on any atom is -0.480 e. The molecule has 0 aliphatic carbocycles. The van der Waals surface area contributed by atoms with Crippen LogP contribution in [0.3, 0.4) is 0 Å². The highest BCUT2D eigenvalue weighted by Crippen LogP contribution is 2.50. The van der Waals surface area contributed by atoms with E-state index in [9.17, 15) is 24.3 Å². The summed E-state index contributed by atoms with van der Waals surface area (Å²) in [4.78, 5) is 49.5. The molecule has 0 spiro atoms. The average Bonchev–Trinajstić information content (AvgIpc) is 2.95. The summed E-state index contributed by atoms with van der Waals surface area (Å²) < 4.78 is 3.96. The first-order valence-electron chi connectivity index (χ1n) is 9.68. The van der Waals surface area contributed by atoms with Crippen molar-refractivity contribution >= 4 is 41.2 Å². The molecule has 1 aromatic carbocycles. The number of hydrogen-bond acceptors (Lipinski definition) is 7. The molecule has 3 N–H and O–H groups in total. The number of hydrogen-bond donors (Lipinski definition) is 3. The van der Waals surface area contributed by atoms with Gasteiger partial charge in [-0.3, -0.25) is 9.59 Å². The second kappa shape index (κ2) is 8.62. The number of allylic oxidation sites excluding steroid dienone is 1. The molecule has 0 aromatic heterocycles. The summed E-state index contributed by atoms with van der Waals surface area (Å²) in [5, 5.41) is 14.9. The summed E-state index contributed by atoms with van der Waals surface area (Å²) in [5.74, 6) is -2.27. The number of carboxylic acid groups (broad SMARTS) is 1. The molecular formula is C21H25N3O6S. The Morgan fingerprint density at radius 1 is 1.29 bits per heavy atom. The van der Waals surface area contributed by atoms with Crippen molar-refractivity contribution in [3.8, 4) is 0 Å². The Hall–Kier alpha value is -3.01. The van der Waals surface area contributed by atoms with Crippen LogP contribution in [0, 0.1) is 0 Å². The maximum Gasteiger partial charge on any atom is 0.332 e. The average molecular weight is 448 g/mol. The van der Waals surface area contributed by atoms with Gasteiger partial charge in [-0.1, -0.05) is 18.2 Å². The van der Waals surface area contributed by atoms with Crippen LogP contribution in [0.2, 0.25) is 0 Å². The number of carbonyl (C=O) groups is 4. The molecule has 166 valence electrons. The number of thioether (sulfide) groups is 1. The largest absolute Gasteiger partial charge is 0.480 e. The number of nitrogens with zero attached hydrogens (tertiary/aromatic N) is 1. The zero-order valence-corrected chi connectivity index (χ0v) is 18.5. The van der Waals surface area contributed by atoms with E-state index in [0.29, 0.717) is 16.9 Å². The zero-order valence-electron chi connectivity index (χ0n) is 17.7. The van der Waals surface area contributed by atoms with Crippen LogP contribution in [0.5, 0.6) is 0 Å². The van der Waals surface area contributed by atoms with E-state index in [1.54, 1.807) is 45.0 Å². The van der Waals surface area contributed by atoms with E-state index in [4.69, 9.17) is 0 Å². The fraction of sp³-hybridized carbons (Fsp3) is 0.429. The molecule has 0 saturated carbocycles. The van der Waals surface area contributed by atoms with E-state index < -0.39 is 34.1 Å². The highest BCUT2D eigenvalue weighted by molar-refractivity contribution is 8.01. The van der Waals surface area contributed by atoms with Crippen LogP contribution < -0.4 is 10.6 Å². The highest BCUT2D eigenvalue weighted by Gasteiger charge is 2.64. The van der Waals surface area contributed by atoms with Crippen molar-refractivity contribution in [1.29, 1.82) is 0 Å².